The van der Waals surface area contributed by atoms with E-state index in [1.807, 2.05) is 12.1 Å². The predicted octanol–water partition coefficient (Wildman–Crippen LogP) is 4.11. The number of halogens is 1. The molecule has 22 heavy (non-hydrogen) atoms. The Bertz CT molecular complexity index is 710. The molecule has 1 aliphatic rings. The Kier molecular flexibility index (Phi) is 4.50. The van der Waals surface area contributed by atoms with Crippen molar-refractivity contribution in [3.05, 3.63) is 64.7 Å². The van der Waals surface area contributed by atoms with E-state index in [9.17, 15) is 4.79 Å². The molecular weight excluding hydrogens is 316 g/mol. The van der Waals surface area contributed by atoms with Gasteiger partial charge >= 0.3 is 0 Å². The van der Waals surface area contributed by atoms with Gasteiger partial charge in [0.05, 0.1) is 10.9 Å². The van der Waals surface area contributed by atoms with Gasteiger partial charge in [0.25, 0.3) is 0 Å². The van der Waals surface area contributed by atoms with Gasteiger partial charge in [0.1, 0.15) is 0 Å². The van der Waals surface area contributed by atoms with Gasteiger partial charge in [-0.3, -0.25) is 4.79 Å². The molecule has 0 radical (unpaired) electrons. The highest BCUT2D eigenvalue weighted by atomic mass is 35.5. The first-order valence-corrected chi connectivity index (χ1v) is 8.23. The Hall–Kier alpha value is -1.78. The lowest BCUT2D eigenvalue weighted by Crippen LogP contribution is -2.25. The van der Waals surface area contributed by atoms with Gasteiger partial charge in [0.15, 0.2) is 5.17 Å². The summed E-state index contributed by atoms with van der Waals surface area (Å²) >= 11 is 7.33. The predicted molar refractivity (Wildman–Crippen MR) is 93.0 cm³/mol. The van der Waals surface area contributed by atoms with Crippen LogP contribution in [0.15, 0.2) is 53.5 Å². The summed E-state index contributed by atoms with van der Waals surface area (Å²) in [6, 6.07) is 15.5. The Morgan fingerprint density at radius 3 is 2.50 bits per heavy atom. The molecule has 3 rings (SSSR count). The van der Waals surface area contributed by atoms with Crippen molar-refractivity contribution in [1.82, 2.24) is 5.32 Å². The molecule has 5 heteroatoms. The monoisotopic (exact) mass is 330 g/mol. The molecule has 0 aromatic heterocycles. The Balaban J connectivity index is 1.70. The maximum atomic E-state index is 12.1. The molecule has 1 N–H and O–H groups in total. The SMILES string of the molecule is Cc1ccc(C[C@H]2SC(=Nc3ccc(Cl)cc3)NC2=O)cc1. The van der Waals surface area contributed by atoms with E-state index in [4.69, 9.17) is 11.6 Å². The van der Waals surface area contributed by atoms with Crippen molar-refractivity contribution >= 4 is 40.1 Å². The molecular formula is C17H15ClN2OS. The van der Waals surface area contributed by atoms with Crippen molar-refractivity contribution in [1.29, 1.82) is 0 Å². The van der Waals surface area contributed by atoms with Crippen molar-refractivity contribution in [3.63, 3.8) is 0 Å². The number of carbonyl (C=O) groups excluding carboxylic acids is 1. The van der Waals surface area contributed by atoms with Crippen LogP contribution in [-0.4, -0.2) is 16.3 Å². The molecule has 0 bridgehead atoms. The van der Waals surface area contributed by atoms with Crippen molar-refractivity contribution in [2.75, 3.05) is 0 Å². The number of hydrogen-bond acceptors (Lipinski definition) is 3. The molecule has 112 valence electrons. The molecule has 1 heterocycles. The van der Waals surface area contributed by atoms with Crippen molar-refractivity contribution in [2.45, 2.75) is 18.6 Å². The van der Waals surface area contributed by atoms with E-state index >= 15 is 0 Å². The highest BCUT2D eigenvalue weighted by molar-refractivity contribution is 8.15. The van der Waals surface area contributed by atoms with E-state index in [-0.39, 0.29) is 11.2 Å². The van der Waals surface area contributed by atoms with E-state index < -0.39 is 0 Å². The molecule has 3 nitrogen and oxygen atoms in total. The summed E-state index contributed by atoms with van der Waals surface area (Å²) in [5.74, 6) is 0.0123. The van der Waals surface area contributed by atoms with Gasteiger partial charge in [-0.05, 0) is 43.2 Å². The summed E-state index contributed by atoms with van der Waals surface area (Å²) < 4.78 is 0. The molecule has 1 amide bonds. The largest absolute Gasteiger partial charge is 0.304 e. The number of hydrogen-bond donors (Lipinski definition) is 1. The first-order chi connectivity index (χ1) is 10.6. The molecule has 1 aliphatic heterocycles. The molecule has 1 atom stereocenters. The fourth-order valence-corrected chi connectivity index (χ4v) is 3.32. The molecule has 0 saturated carbocycles. The lowest BCUT2D eigenvalue weighted by molar-refractivity contribution is -0.118. The van der Waals surface area contributed by atoms with Gasteiger partial charge in [-0.1, -0.05) is 53.2 Å². The number of carbonyl (C=O) groups is 1. The zero-order valence-electron chi connectivity index (χ0n) is 12.0. The quantitative estimate of drug-likeness (QED) is 0.920. The molecule has 1 saturated heterocycles. The first-order valence-electron chi connectivity index (χ1n) is 6.97. The molecule has 2 aromatic rings. The summed E-state index contributed by atoms with van der Waals surface area (Å²) in [5, 5.41) is 4.02. The average Bonchev–Trinajstić information content (AvgIpc) is 2.84. The van der Waals surface area contributed by atoms with Gasteiger partial charge in [0, 0.05) is 5.02 Å². The van der Waals surface area contributed by atoms with Gasteiger partial charge in [0.2, 0.25) is 5.91 Å². The van der Waals surface area contributed by atoms with Gasteiger partial charge in [-0.15, -0.1) is 0 Å². The van der Waals surface area contributed by atoms with E-state index in [0.29, 0.717) is 16.6 Å². The van der Waals surface area contributed by atoms with Crippen LogP contribution in [0, 0.1) is 6.92 Å². The van der Waals surface area contributed by atoms with E-state index in [2.05, 4.69) is 41.5 Å². The summed E-state index contributed by atoms with van der Waals surface area (Å²) in [6.07, 6.45) is 0.705. The number of nitrogens with zero attached hydrogens (tertiary/aromatic N) is 1. The molecule has 1 fully saturated rings. The minimum atomic E-state index is -0.131. The maximum absolute atomic E-state index is 12.1. The van der Waals surface area contributed by atoms with E-state index in [0.717, 1.165) is 11.3 Å². The van der Waals surface area contributed by atoms with Crippen LogP contribution in [0.1, 0.15) is 11.1 Å². The number of amides is 1. The van der Waals surface area contributed by atoms with Crippen LogP contribution in [0.25, 0.3) is 0 Å². The number of thioether (sulfide) groups is 1. The molecule has 2 aromatic carbocycles. The van der Waals surface area contributed by atoms with Crippen LogP contribution < -0.4 is 5.32 Å². The fourth-order valence-electron chi connectivity index (χ4n) is 2.16. The van der Waals surface area contributed by atoms with E-state index in [1.165, 1.54) is 17.3 Å². The van der Waals surface area contributed by atoms with E-state index in [1.54, 1.807) is 12.1 Å². The smallest absolute Gasteiger partial charge is 0.239 e. The summed E-state index contributed by atoms with van der Waals surface area (Å²) in [7, 11) is 0. The minimum absolute atomic E-state index is 0.0123. The highest BCUT2D eigenvalue weighted by Gasteiger charge is 2.30. The second-order valence-corrected chi connectivity index (χ2v) is 6.81. The third-order valence-corrected chi connectivity index (χ3v) is 4.71. The number of benzene rings is 2. The summed E-state index contributed by atoms with van der Waals surface area (Å²) in [5.41, 5.74) is 3.16. The van der Waals surface area contributed by atoms with Crippen molar-refractivity contribution in [2.24, 2.45) is 4.99 Å². The van der Waals surface area contributed by atoms with Gasteiger partial charge < -0.3 is 5.32 Å². The Morgan fingerprint density at radius 2 is 1.82 bits per heavy atom. The third-order valence-electron chi connectivity index (χ3n) is 3.38. The highest BCUT2D eigenvalue weighted by Crippen LogP contribution is 2.26. The molecule has 0 unspecified atom stereocenters. The van der Waals surface area contributed by atoms with Crippen LogP contribution in [0.2, 0.25) is 5.02 Å². The zero-order chi connectivity index (χ0) is 15.5. The van der Waals surface area contributed by atoms with Crippen molar-refractivity contribution < 1.29 is 4.79 Å². The van der Waals surface area contributed by atoms with Crippen LogP contribution in [0.5, 0.6) is 0 Å². The standard InChI is InChI=1S/C17H15ClN2OS/c1-11-2-4-12(5-3-11)10-15-16(21)20-17(22-15)19-14-8-6-13(18)7-9-14/h2-9,15H,10H2,1H3,(H,19,20,21)/t15-/m1/s1. The average molecular weight is 331 g/mol. The number of nitrogens with one attached hydrogen (secondary N) is 1. The topological polar surface area (TPSA) is 41.5 Å². The number of amidine groups is 1. The summed E-state index contributed by atoms with van der Waals surface area (Å²) in [6.45, 7) is 2.05. The second kappa shape index (κ2) is 6.55. The number of rotatable bonds is 3. The lowest BCUT2D eigenvalue weighted by Gasteiger charge is -2.05. The van der Waals surface area contributed by atoms with Crippen molar-refractivity contribution in [3.8, 4) is 0 Å². The second-order valence-electron chi connectivity index (χ2n) is 5.18. The zero-order valence-corrected chi connectivity index (χ0v) is 13.6. The minimum Gasteiger partial charge on any atom is -0.304 e. The van der Waals surface area contributed by atoms with Crippen LogP contribution in [0.4, 0.5) is 5.69 Å². The fraction of sp³-hybridized carbons (Fsp3) is 0.176. The number of aryl methyl sites for hydroxylation is 1. The third kappa shape index (κ3) is 3.70. The van der Waals surface area contributed by atoms with Gasteiger partial charge in [-0.2, -0.15) is 0 Å². The molecule has 0 spiro atoms. The van der Waals surface area contributed by atoms with Crippen LogP contribution in [-0.2, 0) is 11.2 Å². The lowest BCUT2D eigenvalue weighted by atomic mass is 10.1. The van der Waals surface area contributed by atoms with Crippen LogP contribution in [0.3, 0.4) is 0 Å². The van der Waals surface area contributed by atoms with Gasteiger partial charge in [-0.25, -0.2) is 4.99 Å². The Morgan fingerprint density at radius 1 is 1.14 bits per heavy atom. The maximum Gasteiger partial charge on any atom is 0.239 e. The number of aliphatic imine (C=N–C) groups is 1. The molecule has 0 aliphatic carbocycles. The van der Waals surface area contributed by atoms with Crippen LogP contribution >= 0.6 is 23.4 Å². The summed E-state index contributed by atoms with van der Waals surface area (Å²) in [4.78, 5) is 16.5. The first kappa shape index (κ1) is 15.1. The normalized spacial score (nSPS) is 19.5. The Labute approximate surface area is 138 Å².